The zero-order valence-electron chi connectivity index (χ0n) is 22.6. The Balaban J connectivity index is 1.36. The number of hydrogen-bond acceptors (Lipinski definition) is 8. The van der Waals surface area contributed by atoms with E-state index < -0.39 is 0 Å². The SMILES string of the molecule is B=C1c2c(N)nc(OCCC(C)CC)nc2OCCN1C1=CCC([C@H]2CC[C@H](CC(=O)OC)CC2)C=C1. The Bertz CT molecular complexity index is 1040. The molecule has 2 atom stereocenters. The molecule has 2 N–H and O–H groups in total. The maximum atomic E-state index is 11.6. The quantitative estimate of drug-likeness (QED) is 0.398. The molecule has 8 nitrogen and oxygen atoms in total. The zero-order chi connectivity index (χ0) is 26.4. The molecule has 1 fully saturated rings. The summed E-state index contributed by atoms with van der Waals surface area (Å²) in [6.07, 6.45) is 14.9. The third-order valence-electron chi connectivity index (χ3n) is 8.20. The summed E-state index contributed by atoms with van der Waals surface area (Å²) in [7, 11) is 5.81. The van der Waals surface area contributed by atoms with E-state index in [1.54, 1.807) is 0 Å². The van der Waals surface area contributed by atoms with E-state index in [2.05, 4.69) is 54.4 Å². The number of nitrogens with two attached hydrogens (primary N) is 1. The van der Waals surface area contributed by atoms with Gasteiger partial charge in [-0.1, -0.05) is 0 Å². The van der Waals surface area contributed by atoms with Crippen molar-refractivity contribution in [2.75, 3.05) is 32.6 Å². The molecule has 3 aliphatic rings. The number of methoxy groups -OCH3 is 1. The van der Waals surface area contributed by atoms with E-state index in [0.29, 0.717) is 67.1 Å². The summed E-state index contributed by atoms with van der Waals surface area (Å²) in [6.45, 7) is 6.04. The molecular weight excluding hydrogens is 467 g/mol. The number of nitrogens with zero attached hydrogens (tertiary/aromatic N) is 3. The topological polar surface area (TPSA) is 99.8 Å². The number of esters is 1. The van der Waals surface area contributed by atoms with Crippen LogP contribution in [0.2, 0.25) is 0 Å². The molecule has 1 saturated carbocycles. The van der Waals surface area contributed by atoms with Crippen LogP contribution >= 0.6 is 0 Å². The molecule has 1 aromatic rings. The molecule has 1 aromatic heterocycles. The van der Waals surface area contributed by atoms with Crippen molar-refractivity contribution in [3.8, 4) is 11.9 Å². The fraction of sp³-hybridized carbons (Fsp3) is 0.643. The number of aromatic nitrogens is 2. The van der Waals surface area contributed by atoms with Crippen LogP contribution in [0.1, 0.15) is 70.8 Å². The molecule has 0 bridgehead atoms. The standard InChI is InChI=1S/C28H41BN4O4/c1-4-18(2)13-15-37-28-31-26(30)24-25(29)33(14-16-36-27(24)32-28)22-11-9-21(10-12-22)20-7-5-19(6-8-20)17-23(34)35-3/h9,11-12,18-21,29H,4-8,10,13-17H2,1-3H3,(H2,30,31,32)/t18?,19-,20-,21?. The fourth-order valence-electron chi connectivity index (χ4n) is 5.54. The van der Waals surface area contributed by atoms with Crippen LogP contribution in [0.5, 0.6) is 11.9 Å². The number of rotatable bonds is 9. The van der Waals surface area contributed by atoms with E-state index in [1.165, 1.54) is 7.11 Å². The van der Waals surface area contributed by atoms with Crippen molar-refractivity contribution in [3.63, 3.8) is 0 Å². The second-order valence-corrected chi connectivity index (χ2v) is 10.6. The number of carbonyl (C=O) groups excluding carboxylic acids is 1. The Hall–Kier alpha value is -2.84. The van der Waals surface area contributed by atoms with E-state index in [-0.39, 0.29) is 12.0 Å². The molecular formula is C28H41BN4O4. The first-order valence-corrected chi connectivity index (χ1v) is 13.7. The normalized spacial score (nSPS) is 24.4. The fourth-order valence-corrected chi connectivity index (χ4v) is 5.54. The number of allylic oxidation sites excluding steroid dienone is 3. The summed E-state index contributed by atoms with van der Waals surface area (Å²) in [4.78, 5) is 22.6. The van der Waals surface area contributed by atoms with Crippen molar-refractivity contribution in [1.29, 1.82) is 0 Å². The molecule has 200 valence electrons. The van der Waals surface area contributed by atoms with E-state index >= 15 is 0 Å². The molecule has 0 amide bonds. The van der Waals surface area contributed by atoms with E-state index in [0.717, 1.165) is 56.2 Å². The van der Waals surface area contributed by atoms with Gasteiger partial charge in [-0.25, -0.2) is 0 Å². The Morgan fingerprint density at radius 1 is 1.30 bits per heavy atom. The predicted molar refractivity (Wildman–Crippen MR) is 147 cm³/mol. The van der Waals surface area contributed by atoms with Gasteiger partial charge in [0.2, 0.25) is 0 Å². The van der Waals surface area contributed by atoms with Gasteiger partial charge in [-0.15, -0.1) is 0 Å². The summed E-state index contributed by atoms with van der Waals surface area (Å²) >= 11 is 0. The monoisotopic (exact) mass is 508 g/mol. The van der Waals surface area contributed by atoms with Gasteiger partial charge in [0.1, 0.15) is 0 Å². The van der Waals surface area contributed by atoms with Gasteiger partial charge in [-0.3, -0.25) is 4.79 Å². The molecule has 4 rings (SSSR count). The molecule has 0 radical (unpaired) electrons. The summed E-state index contributed by atoms with van der Waals surface area (Å²) in [5, 5.41) is 0. The van der Waals surface area contributed by atoms with Crippen molar-refractivity contribution in [1.82, 2.24) is 14.9 Å². The Morgan fingerprint density at radius 3 is 2.76 bits per heavy atom. The first-order valence-electron chi connectivity index (χ1n) is 13.7. The number of nitrogen functional groups attached to an aromatic ring is 1. The summed E-state index contributed by atoms with van der Waals surface area (Å²) in [5.41, 5.74) is 8.83. The van der Waals surface area contributed by atoms with Crippen molar-refractivity contribution in [3.05, 3.63) is 29.5 Å². The van der Waals surface area contributed by atoms with Gasteiger partial charge < -0.3 is 4.74 Å². The average molecular weight is 508 g/mol. The van der Waals surface area contributed by atoms with E-state index in [9.17, 15) is 4.79 Å². The Kier molecular flexibility index (Phi) is 9.27. The number of hydrogen-bond donors (Lipinski definition) is 1. The first kappa shape index (κ1) is 27.2. The van der Waals surface area contributed by atoms with Crippen LogP contribution in [0.3, 0.4) is 0 Å². The van der Waals surface area contributed by atoms with Gasteiger partial charge in [0, 0.05) is 0 Å². The molecule has 0 spiro atoms. The first-order chi connectivity index (χ1) is 17.9. The minimum absolute atomic E-state index is 0.0896. The van der Waals surface area contributed by atoms with Crippen LogP contribution in [-0.4, -0.2) is 60.8 Å². The number of carbonyl (C=O) groups is 1. The molecule has 0 saturated heterocycles. The number of ether oxygens (including phenoxy) is 3. The molecule has 2 heterocycles. The van der Waals surface area contributed by atoms with Crippen LogP contribution in [0, 0.1) is 23.7 Å². The summed E-state index contributed by atoms with van der Waals surface area (Å²) in [6, 6.07) is 0.252. The van der Waals surface area contributed by atoms with Crippen LogP contribution in [0.25, 0.3) is 0 Å². The van der Waals surface area contributed by atoms with E-state index in [4.69, 9.17) is 19.9 Å². The van der Waals surface area contributed by atoms with Crippen molar-refractivity contribution in [2.45, 2.75) is 65.2 Å². The third kappa shape index (κ3) is 6.73. The predicted octanol–water partition coefficient (Wildman–Crippen LogP) is 3.78. The van der Waals surface area contributed by atoms with Gasteiger partial charge in [0.25, 0.3) is 0 Å². The molecule has 9 heteroatoms. The van der Waals surface area contributed by atoms with Crippen LogP contribution < -0.4 is 15.2 Å². The van der Waals surface area contributed by atoms with E-state index in [1.807, 2.05) is 0 Å². The van der Waals surface area contributed by atoms with Crippen LogP contribution in [0.15, 0.2) is 23.9 Å². The molecule has 2 aliphatic carbocycles. The van der Waals surface area contributed by atoms with Crippen molar-refractivity contribution < 1.29 is 19.0 Å². The van der Waals surface area contributed by atoms with Crippen LogP contribution in [-0.2, 0) is 9.53 Å². The van der Waals surface area contributed by atoms with Gasteiger partial charge in [-0.05, 0) is 0 Å². The average Bonchev–Trinajstić information content (AvgIpc) is 3.07. The van der Waals surface area contributed by atoms with Gasteiger partial charge in [0.15, 0.2) is 0 Å². The van der Waals surface area contributed by atoms with Crippen LogP contribution in [0.4, 0.5) is 5.82 Å². The second-order valence-electron chi connectivity index (χ2n) is 10.6. The number of fused-ring (bicyclic) bond motifs is 1. The molecule has 0 aromatic carbocycles. The molecule has 2 unspecified atom stereocenters. The summed E-state index contributed by atoms with van der Waals surface area (Å²) in [5.74, 6) is 2.88. The minimum atomic E-state index is -0.0896. The van der Waals surface area contributed by atoms with Gasteiger partial charge in [-0.2, -0.15) is 0 Å². The van der Waals surface area contributed by atoms with Crippen molar-refractivity contribution >= 4 is 24.9 Å². The Labute approximate surface area is 221 Å². The second kappa shape index (κ2) is 12.6. The third-order valence-corrected chi connectivity index (χ3v) is 8.20. The number of anilines is 1. The molecule has 1 aliphatic heterocycles. The Morgan fingerprint density at radius 2 is 2.08 bits per heavy atom. The van der Waals surface area contributed by atoms with Gasteiger partial charge >= 0.3 is 205 Å². The van der Waals surface area contributed by atoms with Gasteiger partial charge in [0.05, 0.1) is 7.11 Å². The molecule has 37 heavy (non-hydrogen) atoms. The van der Waals surface area contributed by atoms with Crippen molar-refractivity contribution in [2.24, 2.45) is 23.7 Å². The maximum absolute atomic E-state index is 11.6. The zero-order valence-corrected chi connectivity index (χ0v) is 22.6. The summed E-state index contributed by atoms with van der Waals surface area (Å²) < 4.78 is 16.6.